The van der Waals surface area contributed by atoms with Crippen molar-refractivity contribution < 1.29 is 4.79 Å². The lowest BCUT2D eigenvalue weighted by molar-refractivity contribution is 0.0949. The molecule has 0 fully saturated rings. The molecule has 1 rings (SSSR count). The predicted molar refractivity (Wildman–Crippen MR) is 55.7 cm³/mol. The number of hydrogen-bond donors (Lipinski definition) is 2. The molecule has 1 heterocycles. The molecule has 0 atom stereocenters. The molecule has 0 saturated carbocycles. The fourth-order valence-electron chi connectivity index (χ4n) is 0.718. The maximum absolute atomic E-state index is 11.1. The lowest BCUT2D eigenvalue weighted by Crippen LogP contribution is -2.29. The van der Waals surface area contributed by atoms with Gasteiger partial charge in [0.05, 0.1) is 6.67 Å². The standard InChI is InChI=1S/C7H8BrN3O.ClH/c8-6-3-1-2-5(11-6)7(12)10-4-9;/h1-3H,4,9H2,(H,10,12);1H. The van der Waals surface area contributed by atoms with Crippen molar-refractivity contribution in [2.45, 2.75) is 0 Å². The summed E-state index contributed by atoms with van der Waals surface area (Å²) in [6, 6.07) is 5.11. The van der Waals surface area contributed by atoms with E-state index in [0.717, 1.165) is 0 Å². The zero-order valence-corrected chi connectivity index (χ0v) is 9.06. The van der Waals surface area contributed by atoms with E-state index in [4.69, 9.17) is 5.73 Å². The third-order valence-electron chi connectivity index (χ3n) is 1.21. The van der Waals surface area contributed by atoms with Gasteiger partial charge in [0, 0.05) is 0 Å². The summed E-state index contributed by atoms with van der Waals surface area (Å²) in [7, 11) is 0. The molecule has 0 aliphatic rings. The van der Waals surface area contributed by atoms with Gasteiger partial charge in [0.1, 0.15) is 10.3 Å². The number of carbonyl (C=O) groups excluding carboxylic acids is 1. The normalized spacial score (nSPS) is 8.77. The molecule has 0 aliphatic carbocycles. The van der Waals surface area contributed by atoms with Crippen LogP contribution in [0.2, 0.25) is 0 Å². The highest BCUT2D eigenvalue weighted by atomic mass is 79.9. The van der Waals surface area contributed by atoms with Crippen LogP contribution in [-0.2, 0) is 0 Å². The molecule has 0 radical (unpaired) electrons. The summed E-state index contributed by atoms with van der Waals surface area (Å²) >= 11 is 3.16. The molecular weight excluding hydrogens is 257 g/mol. The average molecular weight is 267 g/mol. The van der Waals surface area contributed by atoms with Gasteiger partial charge < -0.3 is 11.1 Å². The van der Waals surface area contributed by atoms with Crippen molar-refractivity contribution in [3.05, 3.63) is 28.5 Å². The maximum atomic E-state index is 11.1. The Morgan fingerprint density at radius 3 is 2.85 bits per heavy atom. The van der Waals surface area contributed by atoms with Gasteiger partial charge in [0.15, 0.2) is 0 Å². The van der Waals surface area contributed by atoms with E-state index in [-0.39, 0.29) is 25.0 Å². The van der Waals surface area contributed by atoms with Crippen molar-refractivity contribution in [3.8, 4) is 0 Å². The summed E-state index contributed by atoms with van der Waals surface area (Å²) in [5.41, 5.74) is 5.49. The second-order valence-corrected chi connectivity index (χ2v) is 2.87. The molecule has 6 heteroatoms. The first-order valence-electron chi connectivity index (χ1n) is 3.35. The Balaban J connectivity index is 0.00000144. The second kappa shape index (κ2) is 5.90. The predicted octanol–water partition coefficient (Wildman–Crippen LogP) is 0.912. The van der Waals surface area contributed by atoms with Crippen LogP contribution >= 0.6 is 28.3 Å². The largest absolute Gasteiger partial charge is 0.338 e. The maximum Gasteiger partial charge on any atom is 0.270 e. The number of hydrogen-bond acceptors (Lipinski definition) is 3. The van der Waals surface area contributed by atoms with Crippen LogP contribution in [0.3, 0.4) is 0 Å². The summed E-state index contributed by atoms with van der Waals surface area (Å²) in [5.74, 6) is -0.265. The third-order valence-corrected chi connectivity index (χ3v) is 1.65. The van der Waals surface area contributed by atoms with Crippen molar-refractivity contribution in [1.82, 2.24) is 10.3 Å². The first kappa shape index (κ1) is 12.3. The number of nitrogens with zero attached hydrogens (tertiary/aromatic N) is 1. The first-order chi connectivity index (χ1) is 5.74. The summed E-state index contributed by atoms with van der Waals surface area (Å²) in [6.07, 6.45) is 0. The van der Waals surface area contributed by atoms with Gasteiger partial charge >= 0.3 is 0 Å². The number of rotatable bonds is 2. The number of aromatic nitrogens is 1. The van der Waals surface area contributed by atoms with Crippen LogP contribution in [0.1, 0.15) is 10.5 Å². The van der Waals surface area contributed by atoms with Gasteiger partial charge in [-0.2, -0.15) is 0 Å². The molecule has 0 aromatic carbocycles. The Morgan fingerprint density at radius 2 is 2.31 bits per heavy atom. The molecule has 13 heavy (non-hydrogen) atoms. The molecule has 4 nitrogen and oxygen atoms in total. The highest BCUT2D eigenvalue weighted by molar-refractivity contribution is 9.10. The van der Waals surface area contributed by atoms with E-state index in [9.17, 15) is 4.79 Å². The third kappa shape index (κ3) is 3.71. The van der Waals surface area contributed by atoms with Crippen LogP contribution < -0.4 is 11.1 Å². The molecule has 0 unspecified atom stereocenters. The number of halogens is 2. The van der Waals surface area contributed by atoms with Gasteiger partial charge in [0.2, 0.25) is 0 Å². The van der Waals surface area contributed by atoms with E-state index in [1.54, 1.807) is 18.2 Å². The van der Waals surface area contributed by atoms with Gasteiger partial charge in [-0.05, 0) is 28.1 Å². The van der Waals surface area contributed by atoms with Crippen molar-refractivity contribution in [3.63, 3.8) is 0 Å². The molecule has 0 aliphatic heterocycles. The SMILES string of the molecule is Cl.NCNC(=O)c1cccc(Br)n1. The summed E-state index contributed by atoms with van der Waals surface area (Å²) in [5, 5.41) is 2.44. The molecule has 0 bridgehead atoms. The van der Waals surface area contributed by atoms with E-state index < -0.39 is 0 Å². The molecule has 72 valence electrons. The Bertz CT molecular complexity index is 295. The number of carbonyl (C=O) groups is 1. The smallest absolute Gasteiger partial charge is 0.270 e. The van der Waals surface area contributed by atoms with Crippen LogP contribution in [0, 0.1) is 0 Å². The number of nitrogens with one attached hydrogen (secondary N) is 1. The molecule has 1 amide bonds. The lowest BCUT2D eigenvalue weighted by Gasteiger charge is -2.00. The van der Waals surface area contributed by atoms with E-state index in [0.29, 0.717) is 10.3 Å². The Hall–Kier alpha value is -0.650. The highest BCUT2D eigenvalue weighted by Gasteiger charge is 2.04. The van der Waals surface area contributed by atoms with Crippen LogP contribution in [0.5, 0.6) is 0 Å². The van der Waals surface area contributed by atoms with E-state index in [2.05, 4.69) is 26.2 Å². The van der Waals surface area contributed by atoms with E-state index in [1.165, 1.54) is 0 Å². The lowest BCUT2D eigenvalue weighted by atomic mass is 10.3. The molecular formula is C7H9BrClN3O. The molecule has 0 spiro atoms. The van der Waals surface area contributed by atoms with Crippen molar-refractivity contribution >= 4 is 34.2 Å². The van der Waals surface area contributed by atoms with Crippen LogP contribution in [0.15, 0.2) is 22.8 Å². The number of amides is 1. The van der Waals surface area contributed by atoms with Crippen LogP contribution in [0.25, 0.3) is 0 Å². The quantitative estimate of drug-likeness (QED) is 0.618. The Kier molecular flexibility index (Phi) is 5.61. The van der Waals surface area contributed by atoms with Gasteiger partial charge in [-0.25, -0.2) is 4.98 Å². The minimum absolute atomic E-state index is 0. The molecule has 3 N–H and O–H groups in total. The van der Waals surface area contributed by atoms with Gasteiger partial charge in [-0.3, -0.25) is 4.79 Å². The van der Waals surface area contributed by atoms with E-state index in [1.807, 2.05) is 0 Å². The zero-order valence-electron chi connectivity index (χ0n) is 6.66. The van der Waals surface area contributed by atoms with Gasteiger partial charge in [-0.15, -0.1) is 12.4 Å². The fraction of sp³-hybridized carbons (Fsp3) is 0.143. The van der Waals surface area contributed by atoms with Crippen molar-refractivity contribution in [2.75, 3.05) is 6.67 Å². The molecule has 1 aromatic rings. The summed E-state index contributed by atoms with van der Waals surface area (Å²) in [4.78, 5) is 15.1. The first-order valence-corrected chi connectivity index (χ1v) is 4.14. The van der Waals surface area contributed by atoms with E-state index >= 15 is 0 Å². The van der Waals surface area contributed by atoms with Gasteiger partial charge in [0.25, 0.3) is 5.91 Å². The zero-order chi connectivity index (χ0) is 8.97. The summed E-state index contributed by atoms with van der Waals surface area (Å²) in [6.45, 7) is 0.118. The average Bonchev–Trinajstić information content (AvgIpc) is 2.05. The topological polar surface area (TPSA) is 68.0 Å². The fourth-order valence-corrected chi connectivity index (χ4v) is 1.06. The minimum Gasteiger partial charge on any atom is -0.338 e. The Morgan fingerprint density at radius 1 is 1.62 bits per heavy atom. The van der Waals surface area contributed by atoms with Gasteiger partial charge in [-0.1, -0.05) is 6.07 Å². The molecule has 1 aromatic heterocycles. The monoisotopic (exact) mass is 265 g/mol. The molecule has 0 saturated heterocycles. The number of nitrogens with two attached hydrogens (primary N) is 1. The van der Waals surface area contributed by atoms with Crippen molar-refractivity contribution in [1.29, 1.82) is 0 Å². The number of pyridine rings is 1. The minimum atomic E-state index is -0.265. The second-order valence-electron chi connectivity index (χ2n) is 2.06. The van der Waals surface area contributed by atoms with Crippen molar-refractivity contribution in [2.24, 2.45) is 5.73 Å². The van der Waals surface area contributed by atoms with Crippen LogP contribution in [0.4, 0.5) is 0 Å². The Labute approximate surface area is 90.5 Å². The summed E-state index contributed by atoms with van der Waals surface area (Å²) < 4.78 is 0.632. The van der Waals surface area contributed by atoms with Crippen LogP contribution in [-0.4, -0.2) is 17.6 Å². The highest BCUT2D eigenvalue weighted by Crippen LogP contribution is 2.05.